The normalized spacial score (nSPS) is 14.8. The van der Waals surface area contributed by atoms with Gasteiger partial charge in [0.05, 0.1) is 6.61 Å². The summed E-state index contributed by atoms with van der Waals surface area (Å²) < 4.78 is 5.31. The van der Waals surface area contributed by atoms with E-state index >= 15 is 0 Å². The summed E-state index contributed by atoms with van der Waals surface area (Å²) >= 11 is 0. The van der Waals surface area contributed by atoms with Crippen LogP contribution in [0.4, 0.5) is 11.5 Å². The van der Waals surface area contributed by atoms with Gasteiger partial charge in [-0.25, -0.2) is 4.98 Å². The monoisotopic (exact) mass is 293 g/mol. The molecule has 0 radical (unpaired) electrons. The maximum atomic E-state index is 12.0. The molecular weight excluding hydrogens is 270 g/mol. The fraction of sp³-hybridized carbons (Fsp3) is 0.643. The molecule has 0 atom stereocenters. The summed E-state index contributed by atoms with van der Waals surface area (Å²) in [5, 5.41) is 3.08. The summed E-state index contributed by atoms with van der Waals surface area (Å²) in [6.45, 7) is 4.62. The lowest BCUT2D eigenvalue weighted by atomic mass is 10.1. The highest BCUT2D eigenvalue weighted by Gasteiger charge is 2.16. The molecular formula is C14H23N5O2. The first-order valence-corrected chi connectivity index (χ1v) is 7.47. The number of rotatable bonds is 6. The molecule has 7 heteroatoms. The Balaban J connectivity index is 1.82. The number of carbonyl (C=O) groups is 1. The Morgan fingerprint density at radius 2 is 2.14 bits per heavy atom. The van der Waals surface area contributed by atoms with E-state index in [9.17, 15) is 4.79 Å². The number of ether oxygens (including phenoxy) is 1. The standard InChI is InChI=1S/C14H23N5O2/c1-2-21-14-12(15)13(17-10-18-14)16-7-6-11(20)19-8-4-3-5-9-19/h10H,2-9,15H2,1H3,(H,16,17,18). The number of nitrogens with two attached hydrogens (primary N) is 1. The van der Waals surface area contributed by atoms with Gasteiger partial charge in [0.15, 0.2) is 5.82 Å². The van der Waals surface area contributed by atoms with E-state index in [4.69, 9.17) is 10.5 Å². The van der Waals surface area contributed by atoms with Gasteiger partial charge in [-0.1, -0.05) is 0 Å². The molecule has 1 aromatic heterocycles. The summed E-state index contributed by atoms with van der Waals surface area (Å²) in [6, 6.07) is 0. The van der Waals surface area contributed by atoms with Crippen molar-refractivity contribution in [3.05, 3.63) is 6.33 Å². The average molecular weight is 293 g/mol. The van der Waals surface area contributed by atoms with Crippen LogP contribution in [0.5, 0.6) is 5.88 Å². The van der Waals surface area contributed by atoms with Gasteiger partial charge in [-0.05, 0) is 26.2 Å². The largest absolute Gasteiger partial charge is 0.476 e. The zero-order chi connectivity index (χ0) is 15.1. The van der Waals surface area contributed by atoms with Crippen LogP contribution in [0.1, 0.15) is 32.6 Å². The number of piperidine rings is 1. The first-order valence-electron chi connectivity index (χ1n) is 7.47. The molecule has 1 aromatic rings. The molecule has 0 unspecified atom stereocenters. The lowest BCUT2D eigenvalue weighted by molar-refractivity contribution is -0.131. The van der Waals surface area contributed by atoms with Crippen LogP contribution in [0.25, 0.3) is 0 Å². The van der Waals surface area contributed by atoms with Gasteiger partial charge in [0, 0.05) is 26.1 Å². The number of carbonyl (C=O) groups excluding carboxylic acids is 1. The molecule has 0 aliphatic carbocycles. The maximum absolute atomic E-state index is 12.0. The Morgan fingerprint density at radius 3 is 2.86 bits per heavy atom. The second-order valence-electron chi connectivity index (χ2n) is 4.99. The van der Waals surface area contributed by atoms with Gasteiger partial charge >= 0.3 is 0 Å². The van der Waals surface area contributed by atoms with Gasteiger partial charge in [0.2, 0.25) is 11.8 Å². The number of anilines is 2. The fourth-order valence-corrected chi connectivity index (χ4v) is 2.36. The smallest absolute Gasteiger partial charge is 0.242 e. The third kappa shape index (κ3) is 4.21. The van der Waals surface area contributed by atoms with Gasteiger partial charge in [0.25, 0.3) is 0 Å². The predicted octanol–water partition coefficient (Wildman–Crippen LogP) is 1.27. The molecule has 21 heavy (non-hydrogen) atoms. The van der Waals surface area contributed by atoms with Gasteiger partial charge < -0.3 is 20.7 Å². The highest BCUT2D eigenvalue weighted by Crippen LogP contribution is 2.24. The molecule has 0 bridgehead atoms. The number of hydrogen-bond donors (Lipinski definition) is 2. The molecule has 1 aliphatic heterocycles. The lowest BCUT2D eigenvalue weighted by Gasteiger charge is -2.26. The van der Waals surface area contributed by atoms with Crippen molar-refractivity contribution in [3.63, 3.8) is 0 Å². The zero-order valence-electron chi connectivity index (χ0n) is 12.5. The minimum absolute atomic E-state index is 0.180. The predicted molar refractivity (Wildman–Crippen MR) is 81.2 cm³/mol. The van der Waals surface area contributed by atoms with Crippen LogP contribution in [0, 0.1) is 0 Å². The van der Waals surface area contributed by atoms with Crippen molar-refractivity contribution in [1.82, 2.24) is 14.9 Å². The Kier molecular flexibility index (Phi) is 5.59. The summed E-state index contributed by atoms with van der Waals surface area (Å²) in [5.41, 5.74) is 6.30. The number of nitrogens with one attached hydrogen (secondary N) is 1. The van der Waals surface area contributed by atoms with Crippen molar-refractivity contribution >= 4 is 17.4 Å². The van der Waals surface area contributed by atoms with E-state index in [1.807, 2.05) is 11.8 Å². The number of amides is 1. The first-order chi connectivity index (χ1) is 10.2. The number of likely N-dealkylation sites (tertiary alicyclic amines) is 1. The quantitative estimate of drug-likeness (QED) is 0.820. The van der Waals surface area contributed by atoms with E-state index in [1.165, 1.54) is 12.7 Å². The SMILES string of the molecule is CCOc1ncnc(NCCC(=O)N2CCCCC2)c1N. The van der Waals surface area contributed by atoms with E-state index < -0.39 is 0 Å². The van der Waals surface area contributed by atoms with E-state index in [0.717, 1.165) is 25.9 Å². The maximum Gasteiger partial charge on any atom is 0.242 e. The highest BCUT2D eigenvalue weighted by atomic mass is 16.5. The van der Waals surface area contributed by atoms with E-state index in [0.29, 0.717) is 37.0 Å². The molecule has 1 aliphatic rings. The zero-order valence-corrected chi connectivity index (χ0v) is 12.5. The molecule has 116 valence electrons. The van der Waals surface area contributed by atoms with Gasteiger partial charge in [0.1, 0.15) is 12.0 Å². The number of nitrogen functional groups attached to an aromatic ring is 1. The third-order valence-corrected chi connectivity index (χ3v) is 3.47. The van der Waals surface area contributed by atoms with Crippen LogP contribution < -0.4 is 15.8 Å². The highest BCUT2D eigenvalue weighted by molar-refractivity contribution is 5.77. The van der Waals surface area contributed by atoms with Gasteiger partial charge in [-0.15, -0.1) is 0 Å². The van der Waals surface area contributed by atoms with E-state index in [-0.39, 0.29) is 5.91 Å². The molecule has 0 saturated carbocycles. The molecule has 0 aromatic carbocycles. The molecule has 3 N–H and O–H groups in total. The first kappa shape index (κ1) is 15.3. The molecule has 0 spiro atoms. The van der Waals surface area contributed by atoms with E-state index in [2.05, 4.69) is 15.3 Å². The van der Waals surface area contributed by atoms with Crippen LogP contribution in [-0.2, 0) is 4.79 Å². The Morgan fingerprint density at radius 1 is 1.38 bits per heavy atom. The molecule has 1 saturated heterocycles. The van der Waals surface area contributed by atoms with E-state index in [1.54, 1.807) is 0 Å². The lowest BCUT2D eigenvalue weighted by Crippen LogP contribution is -2.36. The van der Waals surface area contributed by atoms with Crippen LogP contribution >= 0.6 is 0 Å². The van der Waals surface area contributed by atoms with Crippen molar-refractivity contribution in [2.75, 3.05) is 37.3 Å². The fourth-order valence-electron chi connectivity index (χ4n) is 2.36. The number of aromatic nitrogens is 2. The second-order valence-corrected chi connectivity index (χ2v) is 4.99. The van der Waals surface area contributed by atoms with Crippen molar-refractivity contribution in [3.8, 4) is 5.88 Å². The molecule has 7 nitrogen and oxygen atoms in total. The van der Waals surface area contributed by atoms with Crippen molar-refractivity contribution in [2.24, 2.45) is 0 Å². The topological polar surface area (TPSA) is 93.4 Å². The van der Waals surface area contributed by atoms with Crippen LogP contribution in [0.15, 0.2) is 6.33 Å². The van der Waals surface area contributed by atoms with Crippen LogP contribution in [-0.4, -0.2) is 47.0 Å². The third-order valence-electron chi connectivity index (χ3n) is 3.47. The number of nitrogens with zero attached hydrogens (tertiary/aromatic N) is 3. The second kappa shape index (κ2) is 7.66. The minimum atomic E-state index is 0.180. The van der Waals surface area contributed by atoms with Gasteiger partial charge in [-0.2, -0.15) is 4.98 Å². The van der Waals surface area contributed by atoms with Gasteiger partial charge in [-0.3, -0.25) is 4.79 Å². The van der Waals surface area contributed by atoms with Crippen LogP contribution in [0.3, 0.4) is 0 Å². The Labute approximate surface area is 124 Å². The Bertz CT molecular complexity index is 474. The van der Waals surface area contributed by atoms with Crippen molar-refractivity contribution < 1.29 is 9.53 Å². The summed E-state index contributed by atoms with van der Waals surface area (Å²) in [6.07, 6.45) is 5.27. The summed E-state index contributed by atoms with van der Waals surface area (Å²) in [4.78, 5) is 22.0. The van der Waals surface area contributed by atoms with Crippen LogP contribution in [0.2, 0.25) is 0 Å². The average Bonchev–Trinajstić information content (AvgIpc) is 2.52. The minimum Gasteiger partial charge on any atom is -0.476 e. The number of hydrogen-bond acceptors (Lipinski definition) is 6. The Hall–Kier alpha value is -2.05. The summed E-state index contributed by atoms with van der Waals surface area (Å²) in [5.74, 6) is 1.07. The summed E-state index contributed by atoms with van der Waals surface area (Å²) in [7, 11) is 0. The molecule has 1 fully saturated rings. The molecule has 2 rings (SSSR count). The molecule has 2 heterocycles. The van der Waals surface area contributed by atoms with Crippen molar-refractivity contribution in [1.29, 1.82) is 0 Å². The molecule has 1 amide bonds. The van der Waals surface area contributed by atoms with Crippen molar-refractivity contribution in [2.45, 2.75) is 32.6 Å².